The molecule has 11 fully saturated rings. The molecule has 10 heterocycles. The Bertz CT molecular complexity index is 1370. The van der Waals surface area contributed by atoms with Crippen LogP contribution in [0.2, 0.25) is 0 Å². The molecule has 2 unspecified atom stereocenters. The molecule has 52 heavy (non-hydrogen) atoms. The predicted octanol–water partition coefficient (Wildman–Crippen LogP) is 3.07. The molecule has 0 aromatic heterocycles. The number of carbonyl (C=O) groups excluding carboxylic acids is 1. The Morgan fingerprint density at radius 3 is 2.37 bits per heavy atom. The first-order valence-electron chi connectivity index (χ1n) is 20.1. The molecular formula is C40H58O12. The van der Waals surface area contributed by atoms with Gasteiger partial charge in [0.25, 0.3) is 0 Å². The van der Waals surface area contributed by atoms with Gasteiger partial charge in [-0.3, -0.25) is 4.79 Å². The molecule has 10 saturated heterocycles. The van der Waals surface area contributed by atoms with Crippen molar-refractivity contribution in [2.45, 2.75) is 187 Å². The van der Waals surface area contributed by atoms with Gasteiger partial charge in [-0.2, -0.15) is 0 Å². The van der Waals surface area contributed by atoms with Gasteiger partial charge >= 0.3 is 0 Å². The first-order chi connectivity index (χ1) is 25.1. The number of fused-ring (bicyclic) bond motifs is 6. The van der Waals surface area contributed by atoms with Gasteiger partial charge in [0.2, 0.25) is 0 Å². The molecule has 19 atom stereocenters. The summed E-state index contributed by atoms with van der Waals surface area (Å²) in [5, 5.41) is 32.1. The van der Waals surface area contributed by atoms with E-state index in [1.54, 1.807) is 7.11 Å². The minimum Gasteiger partial charge on any atom is -0.394 e. The average molecular weight is 731 g/mol. The summed E-state index contributed by atoms with van der Waals surface area (Å²) in [6.07, 6.45) is 4.42. The van der Waals surface area contributed by atoms with Gasteiger partial charge < -0.3 is 53.2 Å². The molecular weight excluding hydrogens is 672 g/mol. The number of Topliss-reactive ketones (excluding diaryl/α,β-unsaturated/α-hetero) is 1. The number of hydrogen-bond donors (Lipinski definition) is 3. The highest BCUT2D eigenvalue weighted by Gasteiger charge is 2.72. The van der Waals surface area contributed by atoms with E-state index in [0.29, 0.717) is 32.1 Å². The van der Waals surface area contributed by atoms with Gasteiger partial charge in [-0.25, -0.2) is 0 Å². The SMILES string of the molecule is C=C1C[C@@H]2CC[C@@]3(O)C[C@H]4OC5[C@@H]6C(O[C@H]7CC[C@H](CC(=O)C[C@@H]8[C@@H](OC)[C@@H](C[C@H](O)CO)O[C@H]8C[C@H]8O[C@H](CCC8=C)CC[C@@H]1O2)O[C@@H]7[C@@H]6O3)[C@@H]54. The second-order valence-electron chi connectivity index (χ2n) is 17.5. The van der Waals surface area contributed by atoms with Crippen LogP contribution in [0, 0.1) is 17.8 Å². The third kappa shape index (κ3) is 6.59. The van der Waals surface area contributed by atoms with Crippen LogP contribution < -0.4 is 0 Å². The van der Waals surface area contributed by atoms with E-state index in [0.717, 1.165) is 49.7 Å². The summed E-state index contributed by atoms with van der Waals surface area (Å²) in [7, 11) is 1.62. The molecule has 0 spiro atoms. The monoisotopic (exact) mass is 730 g/mol. The number of aliphatic hydroxyl groups excluding tert-OH is 2. The van der Waals surface area contributed by atoms with Crippen molar-refractivity contribution in [3.8, 4) is 0 Å². The van der Waals surface area contributed by atoms with E-state index in [1.165, 1.54) is 0 Å². The summed E-state index contributed by atoms with van der Waals surface area (Å²) < 4.78 is 52.4. The van der Waals surface area contributed by atoms with Gasteiger partial charge in [0.1, 0.15) is 11.9 Å². The van der Waals surface area contributed by atoms with E-state index in [2.05, 4.69) is 13.2 Å². The summed E-state index contributed by atoms with van der Waals surface area (Å²) in [6.45, 7) is 8.36. The minimum atomic E-state index is -1.38. The molecule has 11 rings (SSSR count). The zero-order chi connectivity index (χ0) is 35.9. The summed E-state index contributed by atoms with van der Waals surface area (Å²) in [5.74, 6) is -1.33. The van der Waals surface area contributed by atoms with Crippen LogP contribution in [0.1, 0.15) is 89.9 Å². The highest BCUT2D eigenvalue weighted by atomic mass is 16.7. The van der Waals surface area contributed by atoms with Crippen molar-refractivity contribution >= 4 is 5.78 Å². The summed E-state index contributed by atoms with van der Waals surface area (Å²) in [6, 6.07) is 0. The molecule has 290 valence electrons. The second kappa shape index (κ2) is 14.3. The van der Waals surface area contributed by atoms with Crippen molar-refractivity contribution in [2.75, 3.05) is 13.7 Å². The molecule has 0 aromatic rings. The van der Waals surface area contributed by atoms with Crippen LogP contribution in [0.15, 0.2) is 24.3 Å². The van der Waals surface area contributed by atoms with Gasteiger partial charge in [0, 0.05) is 63.4 Å². The fourth-order valence-corrected chi connectivity index (χ4v) is 11.5. The maximum atomic E-state index is 14.0. The molecule has 3 N–H and O–H groups in total. The van der Waals surface area contributed by atoms with E-state index in [4.69, 9.17) is 37.9 Å². The highest BCUT2D eigenvalue weighted by Crippen LogP contribution is 2.61. The Balaban J connectivity index is 0.984. The van der Waals surface area contributed by atoms with Crippen LogP contribution in [0.5, 0.6) is 0 Å². The molecule has 13 bridgehead atoms. The van der Waals surface area contributed by atoms with Gasteiger partial charge in [-0.1, -0.05) is 13.2 Å². The normalized spacial score (nSPS) is 52.4. The average Bonchev–Trinajstić information content (AvgIpc) is 3.62. The van der Waals surface area contributed by atoms with E-state index in [9.17, 15) is 20.1 Å². The van der Waals surface area contributed by atoms with Crippen molar-refractivity contribution in [1.82, 2.24) is 0 Å². The lowest BCUT2D eigenvalue weighted by molar-refractivity contribution is -0.444. The van der Waals surface area contributed by atoms with Gasteiger partial charge in [-0.15, -0.1) is 0 Å². The zero-order valence-corrected chi connectivity index (χ0v) is 30.4. The van der Waals surface area contributed by atoms with Gasteiger partial charge in [-0.05, 0) is 62.5 Å². The first kappa shape index (κ1) is 36.4. The maximum absolute atomic E-state index is 14.0. The number of rotatable bonds is 4. The first-order valence-corrected chi connectivity index (χ1v) is 20.1. The van der Waals surface area contributed by atoms with Gasteiger partial charge in [0.05, 0.1) is 92.1 Å². The highest BCUT2D eigenvalue weighted by molar-refractivity contribution is 5.79. The van der Waals surface area contributed by atoms with Crippen LogP contribution >= 0.6 is 0 Å². The fourth-order valence-electron chi connectivity index (χ4n) is 11.5. The number of hydrogen-bond acceptors (Lipinski definition) is 12. The van der Waals surface area contributed by atoms with E-state index < -0.39 is 36.3 Å². The number of ketones is 1. The Hall–Kier alpha value is -1.29. The molecule has 11 aliphatic rings. The Morgan fingerprint density at radius 2 is 1.56 bits per heavy atom. The van der Waals surface area contributed by atoms with Crippen molar-refractivity contribution in [2.24, 2.45) is 17.8 Å². The Morgan fingerprint density at radius 1 is 0.788 bits per heavy atom. The lowest BCUT2D eigenvalue weighted by Gasteiger charge is -2.70. The predicted molar refractivity (Wildman–Crippen MR) is 184 cm³/mol. The van der Waals surface area contributed by atoms with Crippen LogP contribution in [0.25, 0.3) is 0 Å². The Labute approximate surface area is 306 Å². The molecule has 12 nitrogen and oxygen atoms in total. The molecule has 0 amide bonds. The number of ether oxygens (including phenoxy) is 8. The van der Waals surface area contributed by atoms with E-state index >= 15 is 0 Å². The molecule has 10 aliphatic heterocycles. The Kier molecular flexibility index (Phi) is 10.0. The van der Waals surface area contributed by atoms with Crippen molar-refractivity contribution in [3.05, 3.63) is 24.3 Å². The lowest BCUT2D eigenvalue weighted by atomic mass is 9.56. The molecule has 12 heteroatoms. The van der Waals surface area contributed by atoms with Crippen molar-refractivity contribution in [3.63, 3.8) is 0 Å². The molecule has 1 aliphatic carbocycles. The summed E-state index contributed by atoms with van der Waals surface area (Å²) in [5.41, 5.74) is 2.11. The standard InChI is InChI=1S/C40H58O12/c1-19-4-5-23-6-8-27-20(2)12-25(47-27)10-11-40(44)17-32-33-37-34(38(33)51-32)39(52-40)36-28(50-37)9-7-24(48-36)13-21(42)14-26-30(16-29(19)46-23)49-31(35(26)45-3)15-22(43)18-41/h22-39,41,43-44H,1-2,4-18H2,3H3/t22-,23+,24+,25-,26-,27-,28-,29+,30-,31+,32+,33-,34-,35+,36-,37?,38?,39+,40-/m0/s1. The fraction of sp³-hybridized carbons (Fsp3) is 0.875. The lowest BCUT2D eigenvalue weighted by Crippen LogP contribution is -2.81. The van der Waals surface area contributed by atoms with Crippen molar-refractivity contribution < 1.29 is 58.0 Å². The van der Waals surface area contributed by atoms with E-state index in [1.807, 2.05) is 0 Å². The molecule has 0 aromatic carbocycles. The summed E-state index contributed by atoms with van der Waals surface area (Å²) in [4.78, 5) is 14.0. The van der Waals surface area contributed by atoms with Crippen LogP contribution in [0.3, 0.4) is 0 Å². The second-order valence-corrected chi connectivity index (χ2v) is 17.5. The quantitative estimate of drug-likeness (QED) is 0.365. The number of carbonyl (C=O) groups is 1. The van der Waals surface area contributed by atoms with Gasteiger partial charge in [0.15, 0.2) is 5.79 Å². The summed E-state index contributed by atoms with van der Waals surface area (Å²) >= 11 is 0. The molecule has 1 saturated carbocycles. The smallest absolute Gasteiger partial charge is 0.168 e. The van der Waals surface area contributed by atoms with Crippen LogP contribution in [-0.2, 0) is 42.7 Å². The van der Waals surface area contributed by atoms with Crippen LogP contribution in [0.4, 0.5) is 0 Å². The third-order valence-electron chi connectivity index (χ3n) is 14.2. The maximum Gasteiger partial charge on any atom is 0.168 e. The van der Waals surface area contributed by atoms with Crippen LogP contribution in [-0.4, -0.2) is 132 Å². The minimum absolute atomic E-state index is 0.0114. The number of aliphatic hydroxyl groups is 3. The topological polar surface area (TPSA) is 152 Å². The third-order valence-corrected chi connectivity index (χ3v) is 14.2. The van der Waals surface area contributed by atoms with Crippen molar-refractivity contribution in [1.29, 1.82) is 0 Å². The number of methoxy groups -OCH3 is 1. The largest absolute Gasteiger partial charge is 0.394 e. The zero-order valence-electron chi connectivity index (χ0n) is 30.4. The van der Waals surface area contributed by atoms with E-state index in [-0.39, 0.29) is 110 Å². The molecule has 0 radical (unpaired) electrons.